The summed E-state index contributed by atoms with van der Waals surface area (Å²) in [5.41, 5.74) is 1.41. The standard InChI is InChI=1S/C15H15N3O3/c19-14(20)6-11-8-17(9-11)15(21)12-7-16-18(10-12)13-4-2-1-3-5-13/h1-5,7,10-11H,6,8-9H2,(H,19,20). The van der Waals surface area contributed by atoms with Gasteiger partial charge in [-0.25, -0.2) is 4.68 Å². The number of benzene rings is 1. The normalized spacial score (nSPS) is 14.8. The number of para-hydroxylation sites is 1. The van der Waals surface area contributed by atoms with Crippen molar-refractivity contribution in [3.8, 4) is 5.69 Å². The molecule has 1 aliphatic rings. The fourth-order valence-electron chi connectivity index (χ4n) is 2.45. The van der Waals surface area contributed by atoms with E-state index in [4.69, 9.17) is 5.11 Å². The third kappa shape index (κ3) is 2.79. The highest BCUT2D eigenvalue weighted by Crippen LogP contribution is 2.21. The largest absolute Gasteiger partial charge is 0.481 e. The summed E-state index contributed by atoms with van der Waals surface area (Å²) >= 11 is 0. The molecule has 1 aromatic heterocycles. The predicted octanol–water partition coefficient (Wildman–Crippen LogP) is 1.42. The zero-order valence-corrected chi connectivity index (χ0v) is 11.3. The monoisotopic (exact) mass is 285 g/mol. The quantitative estimate of drug-likeness (QED) is 0.921. The Kier molecular flexibility index (Phi) is 3.43. The Hall–Kier alpha value is -2.63. The van der Waals surface area contributed by atoms with E-state index < -0.39 is 5.97 Å². The van der Waals surface area contributed by atoms with Crippen molar-refractivity contribution >= 4 is 11.9 Å². The van der Waals surface area contributed by atoms with Gasteiger partial charge in [0, 0.05) is 25.2 Å². The topological polar surface area (TPSA) is 75.4 Å². The summed E-state index contributed by atoms with van der Waals surface area (Å²) in [7, 11) is 0. The number of nitrogens with zero attached hydrogens (tertiary/aromatic N) is 3. The van der Waals surface area contributed by atoms with Gasteiger partial charge in [-0.05, 0) is 12.1 Å². The van der Waals surface area contributed by atoms with Gasteiger partial charge < -0.3 is 10.0 Å². The van der Waals surface area contributed by atoms with E-state index in [0.29, 0.717) is 18.7 Å². The maximum Gasteiger partial charge on any atom is 0.303 e. The van der Waals surface area contributed by atoms with Gasteiger partial charge in [0.25, 0.3) is 5.91 Å². The highest BCUT2D eigenvalue weighted by molar-refractivity contribution is 5.94. The first-order valence-electron chi connectivity index (χ1n) is 6.74. The van der Waals surface area contributed by atoms with Crippen LogP contribution in [0.5, 0.6) is 0 Å². The van der Waals surface area contributed by atoms with Crippen LogP contribution in [0.1, 0.15) is 16.8 Å². The number of aromatic nitrogens is 2. The first-order valence-corrected chi connectivity index (χ1v) is 6.74. The first-order chi connectivity index (χ1) is 10.1. The first kappa shape index (κ1) is 13.4. The molecule has 1 aromatic carbocycles. The number of hydrogen-bond acceptors (Lipinski definition) is 3. The molecule has 2 heterocycles. The van der Waals surface area contributed by atoms with Crippen LogP contribution in [0.3, 0.4) is 0 Å². The Morgan fingerprint density at radius 2 is 1.95 bits per heavy atom. The van der Waals surface area contributed by atoms with E-state index in [1.165, 1.54) is 0 Å². The lowest BCUT2D eigenvalue weighted by Gasteiger charge is -2.38. The SMILES string of the molecule is O=C(O)CC1CN(C(=O)c2cnn(-c3ccccc3)c2)C1. The van der Waals surface area contributed by atoms with Gasteiger partial charge in [-0.3, -0.25) is 9.59 Å². The summed E-state index contributed by atoms with van der Waals surface area (Å²) in [6, 6.07) is 9.55. The van der Waals surface area contributed by atoms with Crippen LogP contribution in [0.25, 0.3) is 5.69 Å². The number of carboxylic acid groups (broad SMARTS) is 1. The van der Waals surface area contributed by atoms with Crippen molar-refractivity contribution in [3.63, 3.8) is 0 Å². The predicted molar refractivity (Wildman–Crippen MR) is 75.2 cm³/mol. The van der Waals surface area contributed by atoms with Crippen molar-refractivity contribution < 1.29 is 14.7 Å². The van der Waals surface area contributed by atoms with Crippen LogP contribution in [0.2, 0.25) is 0 Å². The number of hydrogen-bond donors (Lipinski definition) is 1. The van der Waals surface area contributed by atoms with E-state index in [1.807, 2.05) is 30.3 Å². The van der Waals surface area contributed by atoms with Crippen molar-refractivity contribution in [2.24, 2.45) is 5.92 Å². The minimum absolute atomic E-state index is 0.0654. The maximum atomic E-state index is 12.2. The molecule has 0 unspecified atom stereocenters. The molecule has 6 nitrogen and oxygen atoms in total. The molecule has 3 rings (SSSR count). The lowest BCUT2D eigenvalue weighted by Crippen LogP contribution is -2.50. The fraction of sp³-hybridized carbons (Fsp3) is 0.267. The van der Waals surface area contributed by atoms with E-state index >= 15 is 0 Å². The summed E-state index contributed by atoms with van der Waals surface area (Å²) in [4.78, 5) is 24.5. The van der Waals surface area contributed by atoms with Crippen LogP contribution < -0.4 is 0 Å². The molecule has 1 saturated heterocycles. The van der Waals surface area contributed by atoms with Crippen LogP contribution in [-0.2, 0) is 4.79 Å². The Labute approximate surface area is 121 Å². The number of amides is 1. The molecule has 0 bridgehead atoms. The molecule has 0 atom stereocenters. The molecule has 108 valence electrons. The van der Waals surface area contributed by atoms with Crippen LogP contribution in [-0.4, -0.2) is 44.8 Å². The van der Waals surface area contributed by atoms with Crippen molar-refractivity contribution in [3.05, 3.63) is 48.3 Å². The molecule has 0 spiro atoms. The van der Waals surface area contributed by atoms with Gasteiger partial charge in [-0.15, -0.1) is 0 Å². The molecular formula is C15H15N3O3. The smallest absolute Gasteiger partial charge is 0.303 e. The molecule has 1 aliphatic heterocycles. The second-order valence-corrected chi connectivity index (χ2v) is 5.18. The lowest BCUT2D eigenvalue weighted by atomic mass is 9.96. The Bertz CT molecular complexity index is 660. The fourth-order valence-corrected chi connectivity index (χ4v) is 2.45. The third-order valence-corrected chi connectivity index (χ3v) is 3.56. The van der Waals surface area contributed by atoms with Gasteiger partial charge in [-0.1, -0.05) is 18.2 Å². The van der Waals surface area contributed by atoms with Gasteiger partial charge in [0.1, 0.15) is 0 Å². The zero-order chi connectivity index (χ0) is 14.8. The molecule has 1 amide bonds. The minimum Gasteiger partial charge on any atom is -0.481 e. The average Bonchev–Trinajstić information content (AvgIpc) is 2.92. The second-order valence-electron chi connectivity index (χ2n) is 5.18. The van der Waals surface area contributed by atoms with Crippen LogP contribution in [0, 0.1) is 5.92 Å². The molecule has 1 N–H and O–H groups in total. The van der Waals surface area contributed by atoms with Gasteiger partial charge in [0.15, 0.2) is 0 Å². The van der Waals surface area contributed by atoms with Gasteiger partial charge in [0.05, 0.1) is 23.9 Å². The molecule has 1 fully saturated rings. The molecular weight excluding hydrogens is 270 g/mol. The summed E-state index contributed by atoms with van der Waals surface area (Å²) in [5.74, 6) is -0.849. The van der Waals surface area contributed by atoms with Crippen LogP contribution >= 0.6 is 0 Å². The minimum atomic E-state index is -0.816. The molecule has 2 aromatic rings. The number of rotatable bonds is 4. The maximum absolute atomic E-state index is 12.2. The van der Waals surface area contributed by atoms with Gasteiger partial charge >= 0.3 is 5.97 Å². The molecule has 6 heteroatoms. The van der Waals surface area contributed by atoms with Crippen molar-refractivity contribution in [1.29, 1.82) is 0 Å². The van der Waals surface area contributed by atoms with E-state index in [-0.39, 0.29) is 18.2 Å². The van der Waals surface area contributed by atoms with Gasteiger partial charge in [0.2, 0.25) is 0 Å². The Morgan fingerprint density at radius 3 is 2.62 bits per heavy atom. The number of likely N-dealkylation sites (tertiary alicyclic amines) is 1. The zero-order valence-electron chi connectivity index (χ0n) is 11.3. The average molecular weight is 285 g/mol. The van der Waals surface area contributed by atoms with Crippen LogP contribution in [0.4, 0.5) is 0 Å². The van der Waals surface area contributed by atoms with Crippen LogP contribution in [0.15, 0.2) is 42.7 Å². The number of aliphatic carboxylic acids is 1. The number of carbonyl (C=O) groups excluding carboxylic acids is 1. The van der Waals surface area contributed by atoms with E-state index in [2.05, 4.69) is 5.10 Å². The summed E-state index contributed by atoms with van der Waals surface area (Å²) in [5, 5.41) is 12.9. The highest BCUT2D eigenvalue weighted by atomic mass is 16.4. The third-order valence-electron chi connectivity index (χ3n) is 3.56. The molecule has 0 saturated carbocycles. The highest BCUT2D eigenvalue weighted by Gasteiger charge is 2.32. The number of carbonyl (C=O) groups is 2. The van der Waals surface area contributed by atoms with E-state index in [0.717, 1.165) is 5.69 Å². The number of carboxylic acids is 1. The van der Waals surface area contributed by atoms with Crippen molar-refractivity contribution in [1.82, 2.24) is 14.7 Å². The van der Waals surface area contributed by atoms with Crippen molar-refractivity contribution in [2.45, 2.75) is 6.42 Å². The van der Waals surface area contributed by atoms with E-state index in [9.17, 15) is 9.59 Å². The Balaban J connectivity index is 1.65. The summed E-state index contributed by atoms with van der Waals surface area (Å²) < 4.78 is 1.65. The lowest BCUT2D eigenvalue weighted by molar-refractivity contribution is -0.139. The van der Waals surface area contributed by atoms with E-state index in [1.54, 1.807) is 22.0 Å². The second kappa shape index (κ2) is 5.40. The van der Waals surface area contributed by atoms with Crippen molar-refractivity contribution in [2.75, 3.05) is 13.1 Å². The molecule has 21 heavy (non-hydrogen) atoms. The summed E-state index contributed by atoms with van der Waals surface area (Å²) in [6.07, 6.45) is 3.36. The summed E-state index contributed by atoms with van der Waals surface area (Å²) in [6.45, 7) is 1.00. The molecule has 0 aliphatic carbocycles. The van der Waals surface area contributed by atoms with Gasteiger partial charge in [-0.2, -0.15) is 5.10 Å². The Morgan fingerprint density at radius 1 is 1.24 bits per heavy atom. The molecule has 0 radical (unpaired) electrons.